The molecule has 0 radical (unpaired) electrons. The van der Waals surface area contributed by atoms with Gasteiger partial charge in [0.25, 0.3) is 0 Å². The van der Waals surface area contributed by atoms with Crippen LogP contribution in [0.15, 0.2) is 41.0 Å². The number of hydrogen-bond donors (Lipinski definition) is 3. The molecular formula is C17H20N2O4. The Balaban J connectivity index is 2.06. The van der Waals surface area contributed by atoms with Crippen LogP contribution in [0.4, 0.5) is 4.79 Å². The molecule has 3 N–H and O–H groups in total. The second kappa shape index (κ2) is 6.56. The number of aryl methyl sites for hydroxylation is 2. The highest BCUT2D eigenvalue weighted by molar-refractivity contribution is 5.86. The van der Waals surface area contributed by atoms with Gasteiger partial charge in [0.2, 0.25) is 0 Å². The molecule has 1 heterocycles. The molecule has 0 saturated heterocycles. The average Bonchev–Trinajstić information content (AvgIpc) is 3.02. The van der Waals surface area contributed by atoms with Gasteiger partial charge in [-0.25, -0.2) is 9.59 Å². The summed E-state index contributed by atoms with van der Waals surface area (Å²) >= 11 is 0. The van der Waals surface area contributed by atoms with Crippen molar-refractivity contribution in [2.45, 2.75) is 32.9 Å². The molecule has 1 atom stereocenters. The van der Waals surface area contributed by atoms with Gasteiger partial charge in [-0.3, -0.25) is 0 Å². The number of amides is 2. The predicted octanol–water partition coefficient (Wildman–Crippen LogP) is 2.70. The minimum Gasteiger partial charge on any atom is -0.479 e. The molecule has 0 spiro atoms. The van der Waals surface area contributed by atoms with Crippen LogP contribution in [0.1, 0.15) is 29.4 Å². The smallest absolute Gasteiger partial charge is 0.337 e. The third-order valence-electron chi connectivity index (χ3n) is 3.75. The lowest BCUT2D eigenvalue weighted by Gasteiger charge is -2.24. The van der Waals surface area contributed by atoms with Crippen molar-refractivity contribution in [3.63, 3.8) is 0 Å². The summed E-state index contributed by atoms with van der Waals surface area (Å²) in [4.78, 5) is 23.6. The monoisotopic (exact) mass is 316 g/mol. The lowest BCUT2D eigenvalue weighted by molar-refractivity contribution is -0.144. The minimum absolute atomic E-state index is 0.159. The van der Waals surface area contributed by atoms with Gasteiger partial charge >= 0.3 is 12.0 Å². The van der Waals surface area contributed by atoms with Crippen LogP contribution in [0.2, 0.25) is 0 Å². The summed E-state index contributed by atoms with van der Waals surface area (Å²) in [6.07, 6.45) is 1.37. The summed E-state index contributed by atoms with van der Waals surface area (Å²) in [7, 11) is 0. The number of benzene rings is 1. The van der Waals surface area contributed by atoms with Crippen molar-refractivity contribution in [1.82, 2.24) is 10.6 Å². The number of furan rings is 1. The van der Waals surface area contributed by atoms with E-state index in [2.05, 4.69) is 10.6 Å². The molecule has 122 valence electrons. The second-order valence-electron chi connectivity index (χ2n) is 5.65. The van der Waals surface area contributed by atoms with Crippen LogP contribution in [0.3, 0.4) is 0 Å². The normalized spacial score (nSPS) is 13.2. The van der Waals surface area contributed by atoms with Gasteiger partial charge in [-0.2, -0.15) is 0 Å². The molecule has 0 aliphatic rings. The fraction of sp³-hybridized carbons (Fsp3) is 0.294. The van der Waals surface area contributed by atoms with Crippen LogP contribution in [0.25, 0.3) is 0 Å². The van der Waals surface area contributed by atoms with Crippen LogP contribution in [0, 0.1) is 13.8 Å². The predicted molar refractivity (Wildman–Crippen MR) is 85.0 cm³/mol. The zero-order valence-corrected chi connectivity index (χ0v) is 13.3. The van der Waals surface area contributed by atoms with E-state index in [1.54, 1.807) is 6.07 Å². The van der Waals surface area contributed by atoms with Gasteiger partial charge in [-0.05, 0) is 44.0 Å². The van der Waals surface area contributed by atoms with Crippen LogP contribution in [0.5, 0.6) is 0 Å². The third kappa shape index (κ3) is 3.71. The molecule has 2 aromatic rings. The Morgan fingerprint density at radius 3 is 2.61 bits per heavy atom. The average molecular weight is 316 g/mol. The minimum atomic E-state index is -1.63. The largest absolute Gasteiger partial charge is 0.479 e. The molecule has 0 fully saturated rings. The van der Waals surface area contributed by atoms with Crippen molar-refractivity contribution in [2.24, 2.45) is 0 Å². The fourth-order valence-corrected chi connectivity index (χ4v) is 2.22. The molecule has 6 nitrogen and oxygen atoms in total. The van der Waals surface area contributed by atoms with E-state index in [1.807, 2.05) is 32.0 Å². The number of carbonyl (C=O) groups is 2. The first-order valence-corrected chi connectivity index (χ1v) is 7.22. The SMILES string of the molecule is Cc1ccc(C)c(CNC(=O)N[C@@](C)(C(=O)O)c2ccco2)c1. The summed E-state index contributed by atoms with van der Waals surface area (Å²) in [5.74, 6) is -1.04. The van der Waals surface area contributed by atoms with Crippen molar-refractivity contribution >= 4 is 12.0 Å². The number of rotatable bonds is 5. The highest BCUT2D eigenvalue weighted by atomic mass is 16.4. The number of carbonyl (C=O) groups excluding carboxylic acids is 1. The number of hydrogen-bond acceptors (Lipinski definition) is 3. The number of urea groups is 1. The topological polar surface area (TPSA) is 91.6 Å². The summed E-state index contributed by atoms with van der Waals surface area (Å²) in [6, 6.07) is 8.47. The standard InChI is InChI=1S/C17H20N2O4/c1-11-6-7-12(2)13(9-11)10-18-16(22)19-17(3,15(20)21)14-5-4-8-23-14/h4-9H,10H2,1-3H3,(H,20,21)(H2,18,19,22)/t17-/m1/s1. The van der Waals surface area contributed by atoms with Gasteiger partial charge in [0.1, 0.15) is 5.76 Å². The second-order valence-corrected chi connectivity index (χ2v) is 5.65. The molecule has 23 heavy (non-hydrogen) atoms. The van der Waals surface area contributed by atoms with Crippen molar-refractivity contribution in [2.75, 3.05) is 0 Å². The van der Waals surface area contributed by atoms with Gasteiger partial charge in [0.15, 0.2) is 5.54 Å². The lowest BCUT2D eigenvalue weighted by atomic mass is 9.99. The number of aliphatic carboxylic acids is 1. The van der Waals surface area contributed by atoms with Gasteiger partial charge in [-0.1, -0.05) is 23.8 Å². The summed E-state index contributed by atoms with van der Waals surface area (Å²) in [5, 5.41) is 14.6. The zero-order valence-electron chi connectivity index (χ0n) is 13.3. The van der Waals surface area contributed by atoms with E-state index >= 15 is 0 Å². The van der Waals surface area contributed by atoms with Gasteiger partial charge < -0.3 is 20.2 Å². The molecule has 6 heteroatoms. The first-order chi connectivity index (χ1) is 10.8. The molecular weight excluding hydrogens is 296 g/mol. The van der Waals surface area contributed by atoms with E-state index in [9.17, 15) is 14.7 Å². The molecule has 1 aromatic carbocycles. The van der Waals surface area contributed by atoms with E-state index in [0.717, 1.165) is 16.7 Å². The summed E-state index contributed by atoms with van der Waals surface area (Å²) < 4.78 is 5.14. The van der Waals surface area contributed by atoms with E-state index in [-0.39, 0.29) is 5.76 Å². The van der Waals surface area contributed by atoms with Crippen LogP contribution in [-0.2, 0) is 16.9 Å². The number of nitrogens with one attached hydrogen (secondary N) is 2. The van der Waals surface area contributed by atoms with Crippen molar-refractivity contribution in [3.05, 3.63) is 59.0 Å². The van der Waals surface area contributed by atoms with Gasteiger partial charge in [0.05, 0.1) is 6.26 Å². The Bertz CT molecular complexity index is 709. The van der Waals surface area contributed by atoms with Gasteiger partial charge in [0, 0.05) is 6.54 Å². The maximum atomic E-state index is 12.1. The maximum absolute atomic E-state index is 12.1. The third-order valence-corrected chi connectivity index (χ3v) is 3.75. The van der Waals surface area contributed by atoms with E-state index in [1.165, 1.54) is 19.3 Å². The first-order valence-electron chi connectivity index (χ1n) is 7.22. The molecule has 0 aliphatic carbocycles. The highest BCUT2D eigenvalue weighted by Gasteiger charge is 2.39. The molecule has 0 unspecified atom stereocenters. The van der Waals surface area contributed by atoms with E-state index in [4.69, 9.17) is 4.42 Å². The quantitative estimate of drug-likeness (QED) is 0.791. The molecule has 0 bridgehead atoms. The molecule has 0 saturated carbocycles. The number of carboxylic acids is 1. The fourth-order valence-electron chi connectivity index (χ4n) is 2.22. The van der Waals surface area contributed by atoms with Crippen molar-refractivity contribution in [3.8, 4) is 0 Å². The highest BCUT2D eigenvalue weighted by Crippen LogP contribution is 2.21. The summed E-state index contributed by atoms with van der Waals surface area (Å²) in [6.45, 7) is 5.62. The van der Waals surface area contributed by atoms with Gasteiger partial charge in [-0.15, -0.1) is 0 Å². The Morgan fingerprint density at radius 2 is 2.00 bits per heavy atom. The maximum Gasteiger partial charge on any atom is 0.337 e. The molecule has 1 aromatic heterocycles. The summed E-state index contributed by atoms with van der Waals surface area (Å²) in [5.41, 5.74) is 1.51. The molecule has 0 aliphatic heterocycles. The zero-order chi connectivity index (χ0) is 17.0. The number of carboxylic acid groups (broad SMARTS) is 1. The Morgan fingerprint density at radius 1 is 1.26 bits per heavy atom. The van der Waals surface area contributed by atoms with Crippen LogP contribution in [-0.4, -0.2) is 17.1 Å². The Hall–Kier alpha value is -2.76. The molecule has 2 amide bonds. The van der Waals surface area contributed by atoms with E-state index in [0.29, 0.717) is 6.54 Å². The van der Waals surface area contributed by atoms with Crippen molar-refractivity contribution in [1.29, 1.82) is 0 Å². The molecule has 2 rings (SSSR count). The van der Waals surface area contributed by atoms with Crippen LogP contribution < -0.4 is 10.6 Å². The lowest BCUT2D eigenvalue weighted by Crippen LogP contribution is -2.52. The first kappa shape index (κ1) is 16.6. The Labute approximate surface area is 134 Å². The van der Waals surface area contributed by atoms with Crippen molar-refractivity contribution < 1.29 is 19.1 Å². The Kier molecular flexibility index (Phi) is 4.74. The van der Waals surface area contributed by atoms with Crippen LogP contribution >= 0.6 is 0 Å². The van der Waals surface area contributed by atoms with E-state index < -0.39 is 17.5 Å².